The lowest BCUT2D eigenvalue weighted by Gasteiger charge is -2.27. The van der Waals surface area contributed by atoms with Crippen LogP contribution in [0.25, 0.3) is 17.0 Å². The Kier molecular flexibility index (Phi) is 7.53. The molecule has 5 rings (SSSR count). The summed E-state index contributed by atoms with van der Waals surface area (Å²) in [6.45, 7) is 1.22. The second-order valence-corrected chi connectivity index (χ2v) is 9.22. The maximum Gasteiger partial charge on any atom is 0.573 e. The number of hydrogen-bond acceptors (Lipinski definition) is 4. The summed E-state index contributed by atoms with van der Waals surface area (Å²) in [6.07, 6.45) is 0.104. The van der Waals surface area contributed by atoms with Crippen LogP contribution in [-0.4, -0.2) is 39.9 Å². The summed E-state index contributed by atoms with van der Waals surface area (Å²) in [5.41, 5.74) is 2.52. The fourth-order valence-corrected chi connectivity index (χ4v) is 4.80. The third-order valence-electron chi connectivity index (χ3n) is 6.43. The Bertz CT molecular complexity index is 1580. The largest absolute Gasteiger partial charge is 0.573 e. The van der Waals surface area contributed by atoms with Crippen molar-refractivity contribution in [2.75, 3.05) is 13.1 Å². The van der Waals surface area contributed by atoms with Gasteiger partial charge >= 0.3 is 12.4 Å². The first-order valence-electron chi connectivity index (χ1n) is 12.2. The molecule has 0 radical (unpaired) electrons. The molecule has 0 spiro atoms. The number of nitrogens with one attached hydrogen (secondary N) is 1. The molecule has 2 aromatic heterocycles. The molecule has 0 aliphatic carbocycles. The Morgan fingerprint density at radius 1 is 1.05 bits per heavy atom. The normalized spacial score (nSPS) is 14.1. The molecule has 0 bridgehead atoms. The zero-order chi connectivity index (χ0) is 28.4. The van der Waals surface area contributed by atoms with E-state index in [0.29, 0.717) is 59.3 Å². The van der Waals surface area contributed by atoms with Gasteiger partial charge in [-0.05, 0) is 59.2 Å². The molecule has 40 heavy (non-hydrogen) atoms. The Hall–Kier alpha value is -4.32. The number of halogens is 6. The van der Waals surface area contributed by atoms with Crippen molar-refractivity contribution in [2.45, 2.75) is 25.9 Å². The second-order valence-electron chi connectivity index (χ2n) is 9.22. The predicted molar refractivity (Wildman–Crippen MR) is 135 cm³/mol. The van der Waals surface area contributed by atoms with E-state index in [9.17, 15) is 31.1 Å². The second kappa shape index (κ2) is 11.0. The number of fused-ring (bicyclic) bond motifs is 3. The van der Waals surface area contributed by atoms with Crippen molar-refractivity contribution < 1.29 is 35.9 Å². The van der Waals surface area contributed by atoms with E-state index in [1.54, 1.807) is 18.2 Å². The number of pyridine rings is 1. The number of nitrogens with zero attached hydrogens (tertiary/aromatic N) is 3. The molecule has 1 amide bonds. The van der Waals surface area contributed by atoms with Crippen molar-refractivity contribution >= 4 is 23.0 Å². The highest BCUT2D eigenvalue weighted by atomic mass is 19.4. The number of ether oxygens (including phenoxy) is 1. The zero-order valence-corrected chi connectivity index (χ0v) is 20.8. The number of aromatic nitrogens is 2. The van der Waals surface area contributed by atoms with Gasteiger partial charge in [0.25, 0.3) is 0 Å². The van der Waals surface area contributed by atoms with Gasteiger partial charge in [-0.1, -0.05) is 12.2 Å². The van der Waals surface area contributed by atoms with Gasteiger partial charge in [-0.15, -0.1) is 13.2 Å². The summed E-state index contributed by atoms with van der Waals surface area (Å²) < 4.78 is 84.7. The van der Waals surface area contributed by atoms with E-state index in [4.69, 9.17) is 0 Å². The van der Waals surface area contributed by atoms with E-state index in [0.717, 1.165) is 12.1 Å². The fraction of sp³-hybridized carbons (Fsp3) is 0.214. The average molecular weight is 560 g/mol. The molecule has 1 aliphatic rings. The minimum Gasteiger partial charge on any atom is -0.406 e. The molecule has 0 saturated heterocycles. The molecule has 3 heterocycles. The highest BCUT2D eigenvalue weighted by molar-refractivity contribution is 5.96. The van der Waals surface area contributed by atoms with Gasteiger partial charge in [-0.3, -0.25) is 9.47 Å². The van der Waals surface area contributed by atoms with Gasteiger partial charge in [-0.25, -0.2) is 18.6 Å². The summed E-state index contributed by atoms with van der Waals surface area (Å²) in [4.78, 5) is 18.8. The van der Waals surface area contributed by atoms with E-state index < -0.39 is 35.7 Å². The van der Waals surface area contributed by atoms with Crippen LogP contribution in [0.15, 0.2) is 60.8 Å². The minimum atomic E-state index is -4.89. The van der Waals surface area contributed by atoms with Crippen LogP contribution in [0.5, 0.6) is 5.75 Å². The lowest BCUT2D eigenvalue weighted by Crippen LogP contribution is -2.34. The molecule has 4 aromatic rings. The summed E-state index contributed by atoms with van der Waals surface area (Å²) in [6, 6.07) is 9.18. The third kappa shape index (κ3) is 6.28. The van der Waals surface area contributed by atoms with Crippen molar-refractivity contribution in [2.24, 2.45) is 0 Å². The lowest BCUT2D eigenvalue weighted by molar-refractivity contribution is -0.274. The Labute approximate surface area is 224 Å². The van der Waals surface area contributed by atoms with Crippen LogP contribution < -0.4 is 10.1 Å². The number of rotatable bonds is 6. The van der Waals surface area contributed by atoms with E-state index in [1.165, 1.54) is 41.1 Å². The molecule has 2 aromatic carbocycles. The first-order chi connectivity index (χ1) is 19.1. The molecule has 0 atom stereocenters. The van der Waals surface area contributed by atoms with Crippen molar-refractivity contribution in [3.8, 4) is 5.75 Å². The highest BCUT2D eigenvalue weighted by Crippen LogP contribution is 2.35. The monoisotopic (exact) mass is 560 g/mol. The molecule has 1 N–H and O–H groups in total. The lowest BCUT2D eigenvalue weighted by atomic mass is 10.0. The van der Waals surface area contributed by atoms with Crippen LogP contribution in [0.4, 0.5) is 31.1 Å². The van der Waals surface area contributed by atoms with Crippen LogP contribution in [0.3, 0.4) is 0 Å². The molecule has 0 saturated carbocycles. The summed E-state index contributed by atoms with van der Waals surface area (Å²) in [5, 5.41) is 3.15. The number of amides is 1. The van der Waals surface area contributed by atoms with E-state index in [-0.39, 0.29) is 6.54 Å². The number of alkyl halides is 3. The van der Waals surface area contributed by atoms with Gasteiger partial charge in [0.1, 0.15) is 17.4 Å². The molecule has 6 nitrogen and oxygen atoms in total. The molecular formula is C28H22F6N4O2. The quantitative estimate of drug-likeness (QED) is 0.226. The van der Waals surface area contributed by atoms with Crippen molar-refractivity contribution in [1.82, 2.24) is 19.8 Å². The fourth-order valence-electron chi connectivity index (χ4n) is 4.80. The average Bonchev–Trinajstić information content (AvgIpc) is 3.19. The first-order valence-corrected chi connectivity index (χ1v) is 12.2. The first kappa shape index (κ1) is 27.3. The summed E-state index contributed by atoms with van der Waals surface area (Å²) in [7, 11) is 0. The molecule has 12 heteroatoms. The predicted octanol–water partition coefficient (Wildman–Crippen LogP) is 6.18. The number of benzene rings is 2. The van der Waals surface area contributed by atoms with Gasteiger partial charge < -0.3 is 10.1 Å². The molecular weight excluding hydrogens is 538 g/mol. The molecule has 0 unspecified atom stereocenters. The Morgan fingerprint density at radius 2 is 1.82 bits per heavy atom. The molecule has 0 fully saturated rings. The van der Waals surface area contributed by atoms with Crippen molar-refractivity contribution in [3.63, 3.8) is 0 Å². The topological polar surface area (TPSA) is 59.4 Å². The van der Waals surface area contributed by atoms with Crippen LogP contribution >= 0.6 is 0 Å². The number of hydrogen-bond donors (Lipinski definition) is 1. The minimum absolute atomic E-state index is 0.0135. The van der Waals surface area contributed by atoms with Crippen molar-refractivity contribution in [1.29, 1.82) is 0 Å². The maximum absolute atomic E-state index is 13.5. The molecule has 1 aliphatic heterocycles. The van der Waals surface area contributed by atoms with E-state index >= 15 is 0 Å². The standard InChI is InChI=1S/C28H22F6N4O2/c29-19-10-17(11-20(30)13-19)2-1-8-37-9-6-25-23(16-37)22-14-21(40-28(32,33)34)3-4-24(22)38(25)27(39)36-15-18-5-7-35-26(31)12-18/h1-5,7,10-14H,6,8-9,15-16H2,(H,36,39). The van der Waals surface area contributed by atoms with Gasteiger partial charge in [0, 0.05) is 55.9 Å². The van der Waals surface area contributed by atoms with Crippen LogP contribution in [0.2, 0.25) is 0 Å². The summed E-state index contributed by atoms with van der Waals surface area (Å²) >= 11 is 0. The van der Waals surface area contributed by atoms with Gasteiger partial charge in [-0.2, -0.15) is 4.39 Å². The van der Waals surface area contributed by atoms with Crippen LogP contribution in [-0.2, 0) is 19.5 Å². The van der Waals surface area contributed by atoms with Crippen molar-refractivity contribution in [3.05, 3.63) is 101 Å². The number of carbonyl (C=O) groups is 1. The SMILES string of the molecule is O=C(NCc1ccnc(F)c1)n1c2c(c3cc(OC(F)(F)F)ccc31)CN(CC=Cc1cc(F)cc(F)c1)CC2. The van der Waals surface area contributed by atoms with Gasteiger partial charge in [0.15, 0.2) is 0 Å². The zero-order valence-electron chi connectivity index (χ0n) is 20.8. The Balaban J connectivity index is 1.42. The third-order valence-corrected chi connectivity index (χ3v) is 6.43. The van der Waals surface area contributed by atoms with Crippen LogP contribution in [0, 0.1) is 17.6 Å². The van der Waals surface area contributed by atoms with Gasteiger partial charge in [0.05, 0.1) is 5.52 Å². The van der Waals surface area contributed by atoms with Crippen LogP contribution in [0.1, 0.15) is 22.4 Å². The van der Waals surface area contributed by atoms with E-state index in [1.807, 2.05) is 4.90 Å². The highest BCUT2D eigenvalue weighted by Gasteiger charge is 2.32. The number of carbonyl (C=O) groups excluding carboxylic acids is 1. The maximum atomic E-state index is 13.5. The Morgan fingerprint density at radius 3 is 2.55 bits per heavy atom. The summed E-state index contributed by atoms with van der Waals surface area (Å²) in [5.74, 6) is -2.50. The van der Waals surface area contributed by atoms with Gasteiger partial charge in [0.2, 0.25) is 5.95 Å². The smallest absolute Gasteiger partial charge is 0.406 e. The van der Waals surface area contributed by atoms with E-state index in [2.05, 4.69) is 15.0 Å². The molecule has 208 valence electrons.